The van der Waals surface area contributed by atoms with Crippen LogP contribution in [0, 0.1) is 34.0 Å². The van der Waals surface area contributed by atoms with Gasteiger partial charge in [0.1, 0.15) is 12.5 Å². The first-order chi connectivity index (χ1) is 11.2. The molecule has 0 amide bonds. The lowest BCUT2D eigenvalue weighted by molar-refractivity contribution is -0.192. The molecule has 0 radical (unpaired) electrons. The van der Waals surface area contributed by atoms with Crippen molar-refractivity contribution in [2.24, 2.45) is 34.0 Å². The van der Waals surface area contributed by atoms with Crippen LogP contribution in [0.15, 0.2) is 0 Å². The highest BCUT2D eigenvalue weighted by molar-refractivity contribution is 5.87. The summed E-state index contributed by atoms with van der Waals surface area (Å²) in [7, 11) is 1.75. The zero-order valence-electron chi connectivity index (χ0n) is 15.8. The number of aliphatic hydroxyl groups excluding tert-OH is 1. The molecule has 0 spiro atoms. The molecule has 3 rings (SSSR count). The van der Waals surface area contributed by atoms with E-state index in [-0.39, 0.29) is 41.0 Å². The summed E-state index contributed by atoms with van der Waals surface area (Å²) < 4.78 is 19.7. The van der Waals surface area contributed by atoms with Gasteiger partial charge in [-0.15, -0.1) is 0 Å². The molecule has 0 aliphatic heterocycles. The molecule has 0 aromatic rings. The normalized spacial score (nSPS) is 55.0. The van der Waals surface area contributed by atoms with E-state index >= 15 is 0 Å². The molecule has 0 heterocycles. The van der Waals surface area contributed by atoms with E-state index in [1.165, 1.54) is 0 Å². The fraction of sp³-hybridized carbons (Fsp3) is 0.950. The Morgan fingerprint density at radius 1 is 1.25 bits per heavy atom. The van der Waals surface area contributed by atoms with E-state index in [1.807, 2.05) is 6.92 Å². The minimum Gasteiger partial charge on any atom is -0.393 e. The molecular weight excluding hydrogens is 307 g/mol. The molecule has 0 aromatic heterocycles. The van der Waals surface area contributed by atoms with Gasteiger partial charge in [0.2, 0.25) is 0 Å². The van der Waals surface area contributed by atoms with Gasteiger partial charge in [0, 0.05) is 18.4 Å². The van der Waals surface area contributed by atoms with E-state index in [0.717, 1.165) is 25.7 Å². The topological polar surface area (TPSA) is 46.5 Å². The predicted octanol–water partition coefficient (Wildman–Crippen LogP) is 3.78. The number of ether oxygens (including phenoxy) is 1. The number of methoxy groups -OCH3 is 1. The highest BCUT2D eigenvalue weighted by atomic mass is 19.1. The number of carbonyl (C=O) groups is 1. The summed E-state index contributed by atoms with van der Waals surface area (Å²) >= 11 is 0. The summed E-state index contributed by atoms with van der Waals surface area (Å²) in [5.74, 6) is 0.327. The molecule has 24 heavy (non-hydrogen) atoms. The van der Waals surface area contributed by atoms with Crippen LogP contribution < -0.4 is 0 Å². The van der Waals surface area contributed by atoms with Crippen LogP contribution in [0.25, 0.3) is 0 Å². The van der Waals surface area contributed by atoms with E-state index < -0.39 is 18.2 Å². The summed E-state index contributed by atoms with van der Waals surface area (Å²) in [5.41, 5.74) is -1.56. The minimum absolute atomic E-state index is 0.00223. The average molecular weight is 340 g/mol. The smallest absolute Gasteiger partial charge is 0.144 e. The maximum absolute atomic E-state index is 13.9. The van der Waals surface area contributed by atoms with Crippen LogP contribution in [0.1, 0.15) is 59.8 Å². The third-order valence-corrected chi connectivity index (χ3v) is 8.47. The maximum Gasteiger partial charge on any atom is 0.144 e. The molecule has 3 nitrogen and oxygen atoms in total. The fourth-order valence-corrected chi connectivity index (χ4v) is 6.65. The lowest BCUT2D eigenvalue weighted by atomic mass is 9.44. The Hall–Kier alpha value is -0.480. The Balaban J connectivity index is 2.19. The highest BCUT2D eigenvalue weighted by Gasteiger charge is 2.67. The number of rotatable bonds is 2. The second-order valence-electron chi connectivity index (χ2n) is 9.33. The molecule has 0 aromatic carbocycles. The van der Waals surface area contributed by atoms with Gasteiger partial charge in [-0.3, -0.25) is 9.18 Å². The van der Waals surface area contributed by atoms with Crippen molar-refractivity contribution in [2.75, 3.05) is 13.8 Å². The number of halogens is 1. The number of hydrogen-bond acceptors (Lipinski definition) is 3. The van der Waals surface area contributed by atoms with Crippen molar-refractivity contribution in [3.05, 3.63) is 0 Å². The van der Waals surface area contributed by atoms with E-state index in [0.29, 0.717) is 5.92 Å². The lowest BCUT2D eigenvalue weighted by Crippen LogP contribution is -2.62. The van der Waals surface area contributed by atoms with Crippen molar-refractivity contribution < 1.29 is 19.0 Å². The molecule has 3 aliphatic rings. The van der Waals surface area contributed by atoms with Crippen LogP contribution in [-0.2, 0) is 9.53 Å². The van der Waals surface area contributed by atoms with Crippen molar-refractivity contribution in [2.45, 2.75) is 72.0 Å². The van der Waals surface area contributed by atoms with Gasteiger partial charge in [-0.05, 0) is 49.4 Å². The summed E-state index contributed by atoms with van der Waals surface area (Å²) in [6.45, 7) is 7.40. The van der Waals surface area contributed by atoms with Crippen LogP contribution in [-0.4, -0.2) is 36.9 Å². The predicted molar refractivity (Wildman–Crippen MR) is 91.3 cm³/mol. The molecule has 138 valence electrons. The van der Waals surface area contributed by atoms with Crippen LogP contribution >= 0.6 is 0 Å². The van der Waals surface area contributed by atoms with Crippen molar-refractivity contribution in [3.8, 4) is 0 Å². The van der Waals surface area contributed by atoms with E-state index in [4.69, 9.17) is 4.74 Å². The molecule has 0 saturated heterocycles. The van der Waals surface area contributed by atoms with E-state index in [2.05, 4.69) is 13.8 Å². The highest BCUT2D eigenvalue weighted by Crippen LogP contribution is 2.68. The SMILES string of the molecule is COC1CCC23CC[C@@H](C)[C@](C)(C12)[C@H](O)C[C@@](C)(CF)C(=O)[C@@H]3C. The Bertz CT molecular complexity index is 523. The fourth-order valence-electron chi connectivity index (χ4n) is 6.65. The lowest BCUT2D eigenvalue weighted by Gasteiger charge is -2.61. The average Bonchev–Trinajstić information content (AvgIpc) is 2.96. The molecule has 4 heteroatoms. The molecular formula is C20H33FO3. The van der Waals surface area contributed by atoms with Gasteiger partial charge in [0.05, 0.1) is 17.6 Å². The molecule has 2 bridgehead atoms. The van der Waals surface area contributed by atoms with Gasteiger partial charge < -0.3 is 9.84 Å². The van der Waals surface area contributed by atoms with Gasteiger partial charge in [-0.1, -0.05) is 27.7 Å². The molecule has 8 atom stereocenters. The van der Waals surface area contributed by atoms with Crippen molar-refractivity contribution in [1.82, 2.24) is 0 Å². The Morgan fingerprint density at radius 2 is 1.88 bits per heavy atom. The number of aliphatic hydroxyl groups is 1. The van der Waals surface area contributed by atoms with Gasteiger partial charge in [0.25, 0.3) is 0 Å². The van der Waals surface area contributed by atoms with Crippen molar-refractivity contribution in [1.29, 1.82) is 0 Å². The number of ketones is 1. The second-order valence-corrected chi connectivity index (χ2v) is 9.33. The molecule has 3 fully saturated rings. The molecule has 1 N–H and O–H groups in total. The molecule has 3 aliphatic carbocycles. The first kappa shape index (κ1) is 18.3. The Kier molecular flexibility index (Phi) is 4.40. The number of Topliss-reactive ketones (excluding diaryl/α,β-unsaturated/α-hetero) is 1. The number of hydrogen-bond donors (Lipinski definition) is 1. The van der Waals surface area contributed by atoms with Gasteiger partial charge >= 0.3 is 0 Å². The Morgan fingerprint density at radius 3 is 2.46 bits per heavy atom. The summed E-state index contributed by atoms with van der Waals surface area (Å²) in [6.07, 6.45) is 3.50. The number of carbonyl (C=O) groups excluding carboxylic acids is 1. The van der Waals surface area contributed by atoms with Gasteiger partial charge in [-0.2, -0.15) is 0 Å². The molecule has 3 saturated carbocycles. The third-order valence-electron chi connectivity index (χ3n) is 8.47. The van der Waals surface area contributed by atoms with Gasteiger partial charge in [-0.25, -0.2) is 0 Å². The van der Waals surface area contributed by atoms with E-state index in [9.17, 15) is 14.3 Å². The maximum atomic E-state index is 13.9. The van der Waals surface area contributed by atoms with Crippen LogP contribution in [0.2, 0.25) is 0 Å². The summed E-state index contributed by atoms with van der Waals surface area (Å²) in [6, 6.07) is 0. The quantitative estimate of drug-likeness (QED) is 0.832. The Labute approximate surface area is 145 Å². The standard InChI is InChI=1S/C20H33FO3/c1-12-6-8-20-9-7-14(24-5)16(20)19(12,4)15(22)10-18(3,11-21)17(23)13(20)2/h12-16,22H,6-11H2,1-5H3/t12-,13+,14?,15-,16?,18+,19+,20?/m1/s1. The first-order valence-electron chi connectivity index (χ1n) is 9.48. The zero-order valence-corrected chi connectivity index (χ0v) is 15.8. The third kappa shape index (κ3) is 2.11. The van der Waals surface area contributed by atoms with Gasteiger partial charge in [0.15, 0.2) is 0 Å². The van der Waals surface area contributed by atoms with Crippen molar-refractivity contribution >= 4 is 5.78 Å². The van der Waals surface area contributed by atoms with Crippen molar-refractivity contribution in [3.63, 3.8) is 0 Å². The van der Waals surface area contributed by atoms with Crippen LogP contribution in [0.3, 0.4) is 0 Å². The zero-order chi connectivity index (χ0) is 17.9. The first-order valence-corrected chi connectivity index (χ1v) is 9.48. The van der Waals surface area contributed by atoms with E-state index in [1.54, 1.807) is 14.0 Å². The molecule has 3 unspecified atom stereocenters. The summed E-state index contributed by atoms with van der Waals surface area (Å²) in [4.78, 5) is 13.2. The minimum atomic E-state index is -1.07. The number of alkyl halides is 1. The monoisotopic (exact) mass is 340 g/mol. The largest absolute Gasteiger partial charge is 0.393 e. The van der Waals surface area contributed by atoms with Crippen LogP contribution in [0.4, 0.5) is 4.39 Å². The summed E-state index contributed by atoms with van der Waals surface area (Å²) in [5, 5.41) is 11.2. The van der Waals surface area contributed by atoms with Crippen LogP contribution in [0.5, 0.6) is 0 Å². The second kappa shape index (κ2) is 5.77.